The average molecular weight is 855 g/mol. The summed E-state index contributed by atoms with van der Waals surface area (Å²) in [5, 5.41) is 15.2. The second-order valence-corrected chi connectivity index (χ2v) is 17.2. The molecule has 1 atom stereocenters. The van der Waals surface area contributed by atoms with Crippen molar-refractivity contribution in [2.24, 2.45) is 5.73 Å². The first-order chi connectivity index (χ1) is 31.0. The minimum atomic E-state index is -0.729. The molecule has 0 bridgehead atoms. The Hall–Kier alpha value is -5.03. The number of nitrogens with zero attached hydrogens (tertiary/aromatic N) is 6. The third-order valence-electron chi connectivity index (χ3n) is 11.7. The molecule has 63 heavy (non-hydrogen) atoms. The van der Waals surface area contributed by atoms with Gasteiger partial charge in [-0.15, -0.1) is 0 Å². The van der Waals surface area contributed by atoms with E-state index in [-0.39, 0.29) is 11.7 Å². The zero-order valence-corrected chi connectivity index (χ0v) is 38.1. The number of nitrogens with one attached hydrogen (secondary N) is 1. The van der Waals surface area contributed by atoms with Crippen LogP contribution >= 0.6 is 0 Å². The van der Waals surface area contributed by atoms with Crippen LogP contribution in [0.15, 0.2) is 110 Å². The molecule has 4 N–H and O–H groups in total. The first-order valence-electron chi connectivity index (χ1n) is 23.9. The molecule has 1 aromatic carbocycles. The lowest BCUT2D eigenvalue weighted by atomic mass is 9.97. The van der Waals surface area contributed by atoms with E-state index in [0.717, 1.165) is 52.3 Å². The highest BCUT2D eigenvalue weighted by Crippen LogP contribution is 2.30. The molecule has 0 radical (unpaired) electrons. The SMILES string of the molecule is CCCCCCCCCCCCCCCCCCNC(=O)[C@@H](N)Cc1cc(CN(Cc2ccccn2)Cc2ccccn2)c(O)c(CN(Cc2ccccn2)Cc2ccccn2)c1. The Morgan fingerprint density at radius 3 is 1.22 bits per heavy atom. The van der Waals surface area contributed by atoms with E-state index >= 15 is 0 Å². The number of nitrogens with two attached hydrogens (primary N) is 1. The van der Waals surface area contributed by atoms with Crippen molar-refractivity contribution in [3.05, 3.63) is 149 Å². The molecule has 1 amide bonds. The summed E-state index contributed by atoms with van der Waals surface area (Å²) >= 11 is 0. The van der Waals surface area contributed by atoms with Gasteiger partial charge < -0.3 is 16.2 Å². The predicted octanol–water partition coefficient (Wildman–Crippen LogP) is 10.6. The fraction of sp³-hybridized carbons (Fsp3) is 0.491. The molecular weight excluding hydrogens is 781 g/mol. The summed E-state index contributed by atoms with van der Waals surface area (Å²) in [5.74, 6) is 0.0744. The number of phenols is 1. The van der Waals surface area contributed by atoms with Crippen molar-refractivity contribution >= 4 is 5.91 Å². The average Bonchev–Trinajstić information content (AvgIpc) is 3.30. The Morgan fingerprint density at radius 2 is 0.889 bits per heavy atom. The fourth-order valence-electron chi connectivity index (χ4n) is 8.25. The third-order valence-corrected chi connectivity index (χ3v) is 11.7. The molecule has 0 saturated heterocycles. The summed E-state index contributed by atoms with van der Waals surface area (Å²) in [7, 11) is 0. The minimum Gasteiger partial charge on any atom is -0.507 e. The van der Waals surface area contributed by atoms with Gasteiger partial charge in [-0.05, 0) is 66.9 Å². The van der Waals surface area contributed by atoms with E-state index in [1.165, 1.54) is 89.9 Å². The van der Waals surface area contributed by atoms with Gasteiger partial charge >= 0.3 is 0 Å². The van der Waals surface area contributed by atoms with Crippen molar-refractivity contribution in [1.29, 1.82) is 0 Å². The maximum atomic E-state index is 13.4. The summed E-state index contributed by atoms with van der Waals surface area (Å²) in [6.45, 7) is 6.01. The van der Waals surface area contributed by atoms with Gasteiger partial charge in [-0.3, -0.25) is 34.5 Å². The maximum Gasteiger partial charge on any atom is 0.237 e. The van der Waals surface area contributed by atoms with Crippen molar-refractivity contribution in [2.45, 2.75) is 161 Å². The van der Waals surface area contributed by atoms with E-state index < -0.39 is 6.04 Å². The number of pyridine rings is 4. The van der Waals surface area contributed by atoms with Crippen LogP contribution in [0.4, 0.5) is 0 Å². The number of carbonyl (C=O) groups is 1. The number of hydrogen-bond donors (Lipinski definition) is 3. The highest BCUT2D eigenvalue weighted by Gasteiger charge is 2.21. The second-order valence-electron chi connectivity index (χ2n) is 17.2. The Kier molecular flexibility index (Phi) is 22.8. The van der Waals surface area contributed by atoms with Crippen LogP contribution < -0.4 is 11.1 Å². The topological polar surface area (TPSA) is 133 Å². The first-order valence-corrected chi connectivity index (χ1v) is 23.9. The molecule has 5 aromatic rings. The quantitative estimate of drug-likeness (QED) is 0.0362. The Bertz CT molecular complexity index is 1760. The Labute approximate surface area is 378 Å². The highest BCUT2D eigenvalue weighted by molar-refractivity contribution is 5.81. The number of aromatic hydroxyl groups is 1. The van der Waals surface area contributed by atoms with E-state index in [0.29, 0.717) is 52.2 Å². The number of carbonyl (C=O) groups excluding carboxylic acids is 1. The van der Waals surface area contributed by atoms with Gasteiger partial charge in [0.1, 0.15) is 5.75 Å². The van der Waals surface area contributed by atoms with Gasteiger partial charge in [0, 0.05) is 81.7 Å². The molecule has 10 nitrogen and oxygen atoms in total. The molecule has 0 unspecified atom stereocenters. The van der Waals surface area contributed by atoms with Crippen LogP contribution in [0.5, 0.6) is 5.75 Å². The predicted molar refractivity (Wildman–Crippen MR) is 255 cm³/mol. The molecule has 4 aromatic heterocycles. The van der Waals surface area contributed by atoms with Gasteiger partial charge in [0.25, 0.3) is 0 Å². The maximum absolute atomic E-state index is 13.4. The largest absolute Gasteiger partial charge is 0.507 e. The van der Waals surface area contributed by atoms with E-state index in [2.05, 4.69) is 42.0 Å². The number of amides is 1. The van der Waals surface area contributed by atoms with Gasteiger partial charge in [-0.2, -0.15) is 0 Å². The summed E-state index contributed by atoms with van der Waals surface area (Å²) in [6, 6.07) is 26.9. The molecule has 0 aliphatic heterocycles. The molecule has 0 aliphatic rings. The van der Waals surface area contributed by atoms with Gasteiger partial charge in [0.2, 0.25) is 5.91 Å². The van der Waals surface area contributed by atoms with Gasteiger partial charge in [-0.25, -0.2) is 0 Å². The number of aromatic nitrogens is 4. The van der Waals surface area contributed by atoms with Gasteiger partial charge in [0.15, 0.2) is 0 Å². The molecular formula is C53H74N8O2. The lowest BCUT2D eigenvalue weighted by Gasteiger charge is -2.26. The highest BCUT2D eigenvalue weighted by atomic mass is 16.3. The van der Waals surface area contributed by atoms with Crippen molar-refractivity contribution in [2.75, 3.05) is 6.54 Å². The van der Waals surface area contributed by atoms with Gasteiger partial charge in [-0.1, -0.05) is 140 Å². The van der Waals surface area contributed by atoms with E-state index in [9.17, 15) is 9.90 Å². The molecule has 10 heteroatoms. The minimum absolute atomic E-state index is 0.147. The fourth-order valence-corrected chi connectivity index (χ4v) is 8.25. The van der Waals surface area contributed by atoms with E-state index in [4.69, 9.17) is 5.73 Å². The van der Waals surface area contributed by atoms with Crippen LogP contribution in [-0.4, -0.2) is 53.3 Å². The first kappa shape index (κ1) is 49.0. The van der Waals surface area contributed by atoms with Crippen molar-refractivity contribution < 1.29 is 9.90 Å². The molecule has 4 heterocycles. The number of benzene rings is 1. The van der Waals surface area contributed by atoms with Crippen molar-refractivity contribution in [3.8, 4) is 5.75 Å². The summed E-state index contributed by atoms with van der Waals surface area (Å²) in [5.41, 5.74) is 12.7. The molecule has 5 rings (SSSR count). The van der Waals surface area contributed by atoms with Crippen molar-refractivity contribution in [3.63, 3.8) is 0 Å². The Morgan fingerprint density at radius 1 is 0.540 bits per heavy atom. The number of hydrogen-bond acceptors (Lipinski definition) is 9. The van der Waals surface area contributed by atoms with Gasteiger partial charge in [0.05, 0.1) is 28.8 Å². The summed E-state index contributed by atoms with van der Waals surface area (Å²) in [4.78, 5) is 36.3. The number of phenolic OH excluding ortho intramolecular Hbond substituents is 1. The van der Waals surface area contributed by atoms with Crippen LogP contribution in [-0.2, 0) is 50.5 Å². The van der Waals surface area contributed by atoms with Crippen LogP contribution in [0.3, 0.4) is 0 Å². The summed E-state index contributed by atoms with van der Waals surface area (Å²) in [6.07, 6.45) is 28.6. The molecule has 338 valence electrons. The number of unbranched alkanes of at least 4 members (excludes halogenated alkanes) is 15. The Balaban J connectivity index is 1.19. The molecule has 0 spiro atoms. The van der Waals surface area contributed by atoms with Crippen LogP contribution in [0.1, 0.15) is 149 Å². The standard InChI is InChI=1S/C53H74N8O2/c1-2-3-4-5-6-7-8-9-10-11-12-13-14-15-16-21-34-59-53(63)51(54)37-44-35-45(38-60(40-47-26-17-22-30-55-47)41-48-27-18-23-31-56-48)52(62)46(36-44)39-61(42-49-28-19-24-32-57-49)43-50-29-20-25-33-58-50/h17-20,22-33,35-36,51,62H,2-16,21,34,37-43,54H2,1H3,(H,59,63)/t51-/m0/s1. The lowest BCUT2D eigenvalue weighted by Crippen LogP contribution is -2.42. The number of rotatable bonds is 32. The second kappa shape index (κ2) is 29.4. The van der Waals surface area contributed by atoms with E-state index in [1.807, 2.05) is 84.9 Å². The third kappa shape index (κ3) is 19.5. The molecule has 0 saturated carbocycles. The zero-order chi connectivity index (χ0) is 44.2. The van der Waals surface area contributed by atoms with E-state index in [1.54, 1.807) is 24.8 Å². The molecule has 0 aliphatic carbocycles. The monoisotopic (exact) mass is 855 g/mol. The zero-order valence-electron chi connectivity index (χ0n) is 38.1. The lowest BCUT2D eigenvalue weighted by molar-refractivity contribution is -0.122. The van der Waals surface area contributed by atoms with Crippen LogP contribution in [0.2, 0.25) is 0 Å². The normalized spacial score (nSPS) is 11.9. The summed E-state index contributed by atoms with van der Waals surface area (Å²) < 4.78 is 0. The molecule has 0 fully saturated rings. The van der Waals surface area contributed by atoms with Crippen LogP contribution in [0, 0.1) is 0 Å². The smallest absolute Gasteiger partial charge is 0.237 e. The van der Waals surface area contributed by atoms with Crippen molar-refractivity contribution in [1.82, 2.24) is 35.1 Å². The van der Waals surface area contributed by atoms with Crippen LogP contribution in [0.25, 0.3) is 0 Å².